The predicted octanol–water partition coefficient (Wildman–Crippen LogP) is 2.57. The van der Waals surface area contributed by atoms with Crippen molar-refractivity contribution in [1.82, 2.24) is 14.6 Å². The Hall–Kier alpha value is -2.83. The number of amides is 1. The molecule has 1 N–H and O–H groups in total. The number of benzene rings is 1. The molecule has 0 saturated heterocycles. The Morgan fingerprint density at radius 1 is 1.24 bits per heavy atom. The number of carbonyl (C=O) groups is 1. The molecule has 0 bridgehead atoms. The second kappa shape index (κ2) is 4.93. The Morgan fingerprint density at radius 3 is 2.67 bits per heavy atom. The molecule has 3 rings (SSSR count). The number of anilines is 1. The van der Waals surface area contributed by atoms with Gasteiger partial charge in [0.1, 0.15) is 23.0 Å². The van der Waals surface area contributed by atoms with E-state index in [1.165, 1.54) is 22.8 Å². The summed E-state index contributed by atoms with van der Waals surface area (Å²) >= 11 is 0. The molecule has 2 heterocycles. The summed E-state index contributed by atoms with van der Waals surface area (Å²) in [5, 5.41) is 6.35. The van der Waals surface area contributed by atoms with Crippen LogP contribution in [0, 0.1) is 18.6 Å². The minimum atomic E-state index is -0.842. The summed E-state index contributed by atoms with van der Waals surface area (Å²) in [6.45, 7) is 1.76. The highest BCUT2D eigenvalue weighted by Gasteiger charge is 2.16. The summed E-state index contributed by atoms with van der Waals surface area (Å²) in [4.78, 5) is 16.3. The maximum Gasteiger partial charge on any atom is 0.274 e. The summed E-state index contributed by atoms with van der Waals surface area (Å²) < 4.78 is 28.4. The molecule has 1 aromatic carbocycles. The van der Waals surface area contributed by atoms with Crippen molar-refractivity contribution in [2.75, 3.05) is 5.32 Å². The van der Waals surface area contributed by atoms with Crippen LogP contribution in [0.5, 0.6) is 0 Å². The number of halogens is 2. The van der Waals surface area contributed by atoms with Gasteiger partial charge in [-0.1, -0.05) is 6.07 Å². The van der Waals surface area contributed by atoms with Gasteiger partial charge in [-0.25, -0.2) is 18.3 Å². The van der Waals surface area contributed by atoms with Gasteiger partial charge in [-0.2, -0.15) is 5.10 Å². The van der Waals surface area contributed by atoms with Crippen molar-refractivity contribution in [2.45, 2.75) is 6.92 Å². The van der Waals surface area contributed by atoms with Gasteiger partial charge in [0.2, 0.25) is 0 Å². The average Bonchev–Trinajstić information content (AvgIpc) is 2.82. The number of aryl methyl sites for hydroxylation is 1. The molecule has 7 heteroatoms. The lowest BCUT2D eigenvalue weighted by atomic mass is 10.2. The molecule has 0 radical (unpaired) electrons. The minimum absolute atomic E-state index is 0.135. The number of fused-ring (bicyclic) bond motifs is 1. The van der Waals surface area contributed by atoms with Crippen LogP contribution in [0.1, 0.15) is 16.2 Å². The van der Waals surface area contributed by atoms with Crippen LogP contribution in [-0.4, -0.2) is 20.5 Å². The molecule has 2 aromatic heterocycles. The quantitative estimate of drug-likeness (QED) is 0.788. The Labute approximate surface area is 118 Å². The van der Waals surface area contributed by atoms with Crippen LogP contribution < -0.4 is 5.32 Å². The number of aromatic nitrogens is 3. The molecule has 0 fully saturated rings. The van der Waals surface area contributed by atoms with Gasteiger partial charge in [-0.05, 0) is 25.1 Å². The minimum Gasteiger partial charge on any atom is -0.316 e. The van der Waals surface area contributed by atoms with E-state index < -0.39 is 23.2 Å². The molecule has 5 nitrogen and oxygen atoms in total. The summed E-state index contributed by atoms with van der Waals surface area (Å²) in [5.74, 6) is -2.36. The van der Waals surface area contributed by atoms with Gasteiger partial charge >= 0.3 is 0 Å². The van der Waals surface area contributed by atoms with E-state index in [1.54, 1.807) is 13.0 Å². The molecule has 0 atom stereocenters. The zero-order valence-corrected chi connectivity index (χ0v) is 11.0. The third kappa shape index (κ3) is 2.33. The van der Waals surface area contributed by atoms with Crippen LogP contribution in [0.3, 0.4) is 0 Å². The van der Waals surface area contributed by atoms with Gasteiger partial charge in [-0.3, -0.25) is 4.79 Å². The van der Waals surface area contributed by atoms with Crippen LogP contribution in [0.25, 0.3) is 5.65 Å². The lowest BCUT2D eigenvalue weighted by Gasteiger charge is -2.08. The third-order valence-electron chi connectivity index (χ3n) is 2.91. The summed E-state index contributed by atoms with van der Waals surface area (Å²) in [7, 11) is 0. The molecule has 21 heavy (non-hydrogen) atoms. The van der Waals surface area contributed by atoms with E-state index in [-0.39, 0.29) is 5.69 Å². The van der Waals surface area contributed by atoms with Crippen molar-refractivity contribution in [3.63, 3.8) is 0 Å². The molecule has 0 spiro atoms. The van der Waals surface area contributed by atoms with Crippen LogP contribution in [0.2, 0.25) is 0 Å². The highest BCUT2D eigenvalue weighted by atomic mass is 19.1. The molecule has 0 aliphatic rings. The zero-order valence-electron chi connectivity index (χ0n) is 11.0. The highest BCUT2D eigenvalue weighted by Crippen LogP contribution is 2.19. The van der Waals surface area contributed by atoms with Gasteiger partial charge in [-0.15, -0.1) is 0 Å². The Kier molecular flexibility index (Phi) is 3.09. The summed E-state index contributed by atoms with van der Waals surface area (Å²) in [5.41, 5.74) is 0.807. The average molecular weight is 288 g/mol. The fourth-order valence-corrected chi connectivity index (χ4v) is 1.98. The smallest absolute Gasteiger partial charge is 0.274 e. The molecule has 0 unspecified atom stereocenters. The van der Waals surface area contributed by atoms with Gasteiger partial charge in [0.05, 0.1) is 5.69 Å². The molecule has 0 aliphatic heterocycles. The maximum absolute atomic E-state index is 13.6. The normalized spacial score (nSPS) is 10.8. The molecule has 0 saturated carbocycles. The number of hydrogen-bond acceptors (Lipinski definition) is 3. The van der Waals surface area contributed by atoms with Crippen molar-refractivity contribution in [3.8, 4) is 0 Å². The molecule has 1 amide bonds. The summed E-state index contributed by atoms with van der Waals surface area (Å²) in [6.07, 6.45) is 1.43. The van der Waals surface area contributed by atoms with Crippen molar-refractivity contribution in [3.05, 3.63) is 59.6 Å². The molecule has 3 aromatic rings. The van der Waals surface area contributed by atoms with E-state index >= 15 is 0 Å². The predicted molar refractivity (Wildman–Crippen MR) is 72.0 cm³/mol. The SMILES string of the molecule is Cc1cc2nccc(C(=O)Nc3c(F)cccc3F)n2n1. The van der Waals surface area contributed by atoms with E-state index in [0.29, 0.717) is 11.3 Å². The molecular weight excluding hydrogens is 278 g/mol. The van der Waals surface area contributed by atoms with E-state index in [4.69, 9.17) is 0 Å². The largest absolute Gasteiger partial charge is 0.316 e. The monoisotopic (exact) mass is 288 g/mol. The molecule has 106 valence electrons. The topological polar surface area (TPSA) is 59.3 Å². The number of carbonyl (C=O) groups excluding carboxylic acids is 1. The van der Waals surface area contributed by atoms with Crippen molar-refractivity contribution in [2.24, 2.45) is 0 Å². The van der Waals surface area contributed by atoms with Gasteiger partial charge < -0.3 is 5.32 Å². The first-order chi connectivity index (χ1) is 10.1. The Morgan fingerprint density at radius 2 is 1.95 bits per heavy atom. The lowest BCUT2D eigenvalue weighted by molar-refractivity contribution is 0.101. The molecule has 0 aliphatic carbocycles. The van der Waals surface area contributed by atoms with Gasteiger partial charge in [0, 0.05) is 12.3 Å². The number of nitrogens with one attached hydrogen (secondary N) is 1. The van der Waals surface area contributed by atoms with E-state index in [9.17, 15) is 13.6 Å². The van der Waals surface area contributed by atoms with Crippen LogP contribution in [-0.2, 0) is 0 Å². The fraction of sp³-hybridized carbons (Fsp3) is 0.0714. The number of rotatable bonds is 2. The maximum atomic E-state index is 13.6. The first-order valence-corrected chi connectivity index (χ1v) is 6.13. The van der Waals surface area contributed by atoms with Crippen molar-refractivity contribution >= 4 is 17.2 Å². The second-order valence-corrected chi connectivity index (χ2v) is 4.44. The van der Waals surface area contributed by atoms with E-state index in [0.717, 1.165) is 12.1 Å². The van der Waals surface area contributed by atoms with Crippen LogP contribution in [0.15, 0.2) is 36.5 Å². The van der Waals surface area contributed by atoms with Gasteiger partial charge in [0.25, 0.3) is 5.91 Å². The fourth-order valence-electron chi connectivity index (χ4n) is 1.98. The Balaban J connectivity index is 2.01. The first-order valence-electron chi connectivity index (χ1n) is 6.13. The number of hydrogen-bond donors (Lipinski definition) is 1. The van der Waals surface area contributed by atoms with E-state index in [1.807, 2.05) is 0 Å². The molecular formula is C14H10F2N4O. The third-order valence-corrected chi connectivity index (χ3v) is 2.91. The lowest BCUT2D eigenvalue weighted by Crippen LogP contribution is -2.18. The zero-order chi connectivity index (χ0) is 15.0. The van der Waals surface area contributed by atoms with Crippen LogP contribution >= 0.6 is 0 Å². The van der Waals surface area contributed by atoms with Gasteiger partial charge in [0.15, 0.2) is 5.65 Å². The second-order valence-electron chi connectivity index (χ2n) is 4.44. The summed E-state index contributed by atoms with van der Waals surface area (Å²) in [6, 6.07) is 6.48. The number of para-hydroxylation sites is 1. The van der Waals surface area contributed by atoms with Crippen LogP contribution in [0.4, 0.5) is 14.5 Å². The van der Waals surface area contributed by atoms with Crippen molar-refractivity contribution < 1.29 is 13.6 Å². The van der Waals surface area contributed by atoms with Crippen molar-refractivity contribution in [1.29, 1.82) is 0 Å². The number of nitrogens with zero attached hydrogens (tertiary/aromatic N) is 3. The van der Waals surface area contributed by atoms with E-state index in [2.05, 4.69) is 15.4 Å². The highest BCUT2D eigenvalue weighted by molar-refractivity contribution is 6.03. The first kappa shape index (κ1) is 13.2. The standard InChI is InChI=1S/C14H10F2N4O/c1-8-7-12-17-6-5-11(20(12)19-8)14(21)18-13-9(15)3-2-4-10(13)16/h2-7H,1H3,(H,18,21). The Bertz CT molecular complexity index is 824.